The van der Waals surface area contributed by atoms with Crippen LogP contribution in [0.3, 0.4) is 0 Å². The van der Waals surface area contributed by atoms with E-state index in [4.69, 9.17) is 11.6 Å². The number of halogens is 1. The van der Waals surface area contributed by atoms with Crippen molar-refractivity contribution in [3.05, 3.63) is 31.6 Å². The minimum absolute atomic E-state index is 0.121. The SMILES string of the molecule is CCc1c(Cl)[nH]c(=O)n(CC2(C(C)C)CC2)c1=O. The van der Waals surface area contributed by atoms with Gasteiger partial charge in [-0.1, -0.05) is 32.4 Å². The molecule has 4 nitrogen and oxygen atoms in total. The molecule has 0 saturated heterocycles. The van der Waals surface area contributed by atoms with Crippen LogP contribution in [0.1, 0.15) is 39.2 Å². The second-order valence-electron chi connectivity index (χ2n) is 5.48. The molecule has 1 heterocycles. The second kappa shape index (κ2) is 4.57. The normalized spacial score (nSPS) is 17.2. The molecule has 1 fully saturated rings. The van der Waals surface area contributed by atoms with Crippen molar-refractivity contribution in [1.82, 2.24) is 9.55 Å². The third kappa shape index (κ3) is 2.14. The highest BCUT2D eigenvalue weighted by Gasteiger charge is 2.46. The van der Waals surface area contributed by atoms with Gasteiger partial charge in [-0.25, -0.2) is 4.79 Å². The van der Waals surface area contributed by atoms with Crippen molar-refractivity contribution in [3.8, 4) is 0 Å². The van der Waals surface area contributed by atoms with E-state index in [0.29, 0.717) is 24.4 Å². The van der Waals surface area contributed by atoms with Gasteiger partial charge in [-0.15, -0.1) is 0 Å². The van der Waals surface area contributed by atoms with E-state index >= 15 is 0 Å². The molecule has 1 aliphatic carbocycles. The summed E-state index contributed by atoms with van der Waals surface area (Å²) in [7, 11) is 0. The first kappa shape index (κ1) is 13.4. The molecule has 1 aromatic heterocycles. The molecule has 0 radical (unpaired) electrons. The van der Waals surface area contributed by atoms with Crippen LogP contribution < -0.4 is 11.2 Å². The molecule has 0 aromatic carbocycles. The lowest BCUT2D eigenvalue weighted by Gasteiger charge is -2.20. The van der Waals surface area contributed by atoms with Crippen LogP contribution in [0.5, 0.6) is 0 Å². The number of rotatable bonds is 4. The number of nitrogens with one attached hydrogen (secondary N) is 1. The van der Waals surface area contributed by atoms with E-state index in [1.807, 2.05) is 6.92 Å². The molecule has 0 unspecified atom stereocenters. The Bertz CT molecular complexity index is 567. The third-order valence-corrected chi connectivity index (χ3v) is 4.50. The maximum Gasteiger partial charge on any atom is 0.329 e. The molecule has 0 aliphatic heterocycles. The van der Waals surface area contributed by atoms with Crippen molar-refractivity contribution in [1.29, 1.82) is 0 Å². The van der Waals surface area contributed by atoms with Gasteiger partial charge >= 0.3 is 5.69 Å². The highest BCUT2D eigenvalue weighted by molar-refractivity contribution is 6.30. The van der Waals surface area contributed by atoms with Crippen molar-refractivity contribution in [3.63, 3.8) is 0 Å². The van der Waals surface area contributed by atoms with Gasteiger partial charge in [0.25, 0.3) is 5.56 Å². The Hall–Kier alpha value is -1.03. The van der Waals surface area contributed by atoms with E-state index in [-0.39, 0.29) is 16.1 Å². The molecule has 5 heteroatoms. The second-order valence-corrected chi connectivity index (χ2v) is 5.86. The van der Waals surface area contributed by atoms with Crippen LogP contribution in [0.25, 0.3) is 0 Å². The van der Waals surface area contributed by atoms with Crippen LogP contribution in [-0.4, -0.2) is 9.55 Å². The van der Waals surface area contributed by atoms with E-state index in [9.17, 15) is 9.59 Å². The monoisotopic (exact) mass is 270 g/mol. The Balaban J connectivity index is 2.46. The van der Waals surface area contributed by atoms with Crippen LogP contribution in [0.2, 0.25) is 5.15 Å². The summed E-state index contributed by atoms with van der Waals surface area (Å²) in [4.78, 5) is 26.7. The number of aromatic amines is 1. The van der Waals surface area contributed by atoms with Gasteiger partial charge in [-0.3, -0.25) is 14.3 Å². The molecule has 18 heavy (non-hydrogen) atoms. The van der Waals surface area contributed by atoms with Crippen molar-refractivity contribution in [2.75, 3.05) is 0 Å². The summed E-state index contributed by atoms with van der Waals surface area (Å²) >= 11 is 5.89. The standard InChI is InChI=1S/C13H19ClN2O2/c1-4-9-10(14)15-12(18)16(11(9)17)7-13(5-6-13)8(2)3/h8H,4-7H2,1-3H3,(H,15,18). The van der Waals surface area contributed by atoms with Crippen LogP contribution in [0.15, 0.2) is 9.59 Å². The first-order chi connectivity index (χ1) is 8.41. The summed E-state index contributed by atoms with van der Waals surface area (Å²) in [5, 5.41) is 0.179. The van der Waals surface area contributed by atoms with Crippen molar-refractivity contribution in [2.24, 2.45) is 11.3 Å². The fourth-order valence-electron chi connectivity index (χ4n) is 2.43. The molecule has 1 aromatic rings. The summed E-state index contributed by atoms with van der Waals surface area (Å²) in [5.74, 6) is 0.476. The van der Waals surface area contributed by atoms with Crippen molar-refractivity contribution in [2.45, 2.75) is 46.6 Å². The van der Waals surface area contributed by atoms with Gasteiger partial charge in [0, 0.05) is 6.54 Å². The molecule has 100 valence electrons. The van der Waals surface area contributed by atoms with Gasteiger partial charge in [-0.2, -0.15) is 0 Å². The number of H-pyrrole nitrogens is 1. The Morgan fingerprint density at radius 2 is 2.00 bits per heavy atom. The summed E-state index contributed by atoms with van der Waals surface area (Å²) < 4.78 is 1.32. The summed E-state index contributed by atoms with van der Waals surface area (Å²) in [6.45, 7) is 6.65. The minimum atomic E-state index is -0.394. The average molecular weight is 271 g/mol. The number of hydrogen-bond acceptors (Lipinski definition) is 2. The molecule has 0 bridgehead atoms. The van der Waals surface area contributed by atoms with Gasteiger partial charge in [0.15, 0.2) is 0 Å². The van der Waals surface area contributed by atoms with Crippen LogP contribution in [0, 0.1) is 11.3 Å². The third-order valence-electron chi connectivity index (χ3n) is 4.17. The zero-order chi connectivity index (χ0) is 13.5. The molecule has 0 amide bonds. The molecular weight excluding hydrogens is 252 g/mol. The van der Waals surface area contributed by atoms with E-state index in [1.54, 1.807) is 0 Å². The first-order valence-electron chi connectivity index (χ1n) is 6.43. The molecule has 2 rings (SSSR count). The molecule has 1 N–H and O–H groups in total. The maximum atomic E-state index is 12.2. The minimum Gasteiger partial charge on any atom is -0.297 e. The van der Waals surface area contributed by atoms with Gasteiger partial charge in [0.05, 0.1) is 5.56 Å². The van der Waals surface area contributed by atoms with Crippen molar-refractivity contribution < 1.29 is 0 Å². The molecule has 1 aliphatic rings. The highest BCUT2D eigenvalue weighted by atomic mass is 35.5. The van der Waals surface area contributed by atoms with Gasteiger partial charge in [0.1, 0.15) is 5.15 Å². The lowest BCUT2D eigenvalue weighted by Crippen LogP contribution is -2.40. The summed E-state index contributed by atoms with van der Waals surface area (Å²) in [5.41, 5.74) is -0.0153. The fourth-order valence-corrected chi connectivity index (χ4v) is 2.72. The predicted molar refractivity (Wildman–Crippen MR) is 72.2 cm³/mol. The fraction of sp³-hybridized carbons (Fsp3) is 0.692. The van der Waals surface area contributed by atoms with Gasteiger partial charge < -0.3 is 0 Å². The molecule has 0 spiro atoms. The van der Waals surface area contributed by atoms with Gasteiger partial charge in [-0.05, 0) is 30.6 Å². The average Bonchev–Trinajstić information content (AvgIpc) is 3.05. The molecule has 0 atom stereocenters. The molecular formula is C13H19ClN2O2. The first-order valence-corrected chi connectivity index (χ1v) is 6.80. The lowest BCUT2D eigenvalue weighted by molar-refractivity contribution is 0.299. The van der Waals surface area contributed by atoms with E-state index in [1.165, 1.54) is 4.57 Å². The largest absolute Gasteiger partial charge is 0.329 e. The van der Waals surface area contributed by atoms with E-state index < -0.39 is 5.69 Å². The Kier molecular flexibility index (Phi) is 3.41. The summed E-state index contributed by atoms with van der Waals surface area (Å²) in [6.07, 6.45) is 2.70. The zero-order valence-corrected chi connectivity index (χ0v) is 11.8. The number of nitrogens with zero attached hydrogens (tertiary/aromatic N) is 1. The number of aromatic nitrogens is 2. The Morgan fingerprint density at radius 3 is 2.44 bits per heavy atom. The zero-order valence-electron chi connectivity index (χ0n) is 11.0. The van der Waals surface area contributed by atoms with Crippen LogP contribution >= 0.6 is 11.6 Å². The van der Waals surface area contributed by atoms with E-state index in [2.05, 4.69) is 18.8 Å². The Labute approximate surface area is 111 Å². The number of hydrogen-bond donors (Lipinski definition) is 1. The summed E-state index contributed by atoms with van der Waals surface area (Å²) in [6, 6.07) is 0. The quantitative estimate of drug-likeness (QED) is 0.853. The topological polar surface area (TPSA) is 54.9 Å². The predicted octanol–water partition coefficient (Wildman–Crippen LogP) is 2.19. The molecule has 1 saturated carbocycles. The Morgan fingerprint density at radius 1 is 1.39 bits per heavy atom. The lowest BCUT2D eigenvalue weighted by atomic mass is 9.92. The van der Waals surface area contributed by atoms with Gasteiger partial charge in [0.2, 0.25) is 0 Å². The maximum absolute atomic E-state index is 12.2. The smallest absolute Gasteiger partial charge is 0.297 e. The van der Waals surface area contributed by atoms with Crippen LogP contribution in [0.4, 0.5) is 0 Å². The van der Waals surface area contributed by atoms with Crippen LogP contribution in [-0.2, 0) is 13.0 Å². The van der Waals surface area contributed by atoms with E-state index in [0.717, 1.165) is 12.8 Å². The highest BCUT2D eigenvalue weighted by Crippen LogP contribution is 2.52. The van der Waals surface area contributed by atoms with Crippen molar-refractivity contribution >= 4 is 11.6 Å².